The number of amides is 2. The van der Waals surface area contributed by atoms with Crippen molar-refractivity contribution in [3.63, 3.8) is 0 Å². The smallest absolute Gasteiger partial charge is 0.324 e. The van der Waals surface area contributed by atoms with E-state index in [0.717, 1.165) is 11.3 Å². The molecule has 1 aliphatic rings. The second kappa shape index (κ2) is 6.24. The van der Waals surface area contributed by atoms with E-state index in [2.05, 4.69) is 5.32 Å². The zero-order valence-corrected chi connectivity index (χ0v) is 12.3. The van der Waals surface area contributed by atoms with E-state index in [1.807, 2.05) is 38.1 Å². The number of hydrogen-bond acceptors (Lipinski definition) is 3. The zero-order valence-electron chi connectivity index (χ0n) is 12.3. The van der Waals surface area contributed by atoms with E-state index in [1.54, 1.807) is 16.8 Å². The zero-order chi connectivity index (χ0) is 14.7. The molecule has 2 rings (SSSR count). The van der Waals surface area contributed by atoms with Crippen molar-refractivity contribution in [2.24, 2.45) is 0 Å². The molecule has 2 amide bonds. The van der Waals surface area contributed by atoms with Gasteiger partial charge in [0, 0.05) is 26.2 Å². The van der Waals surface area contributed by atoms with Gasteiger partial charge in [0.25, 0.3) is 0 Å². The summed E-state index contributed by atoms with van der Waals surface area (Å²) in [5, 5.41) is 13.3. The van der Waals surface area contributed by atoms with E-state index < -0.39 is 6.10 Å². The van der Waals surface area contributed by atoms with Gasteiger partial charge in [-0.2, -0.15) is 0 Å². The van der Waals surface area contributed by atoms with Gasteiger partial charge in [0.2, 0.25) is 0 Å². The van der Waals surface area contributed by atoms with Gasteiger partial charge in [0.15, 0.2) is 0 Å². The van der Waals surface area contributed by atoms with Crippen LogP contribution in [0.3, 0.4) is 0 Å². The average molecular weight is 277 g/mol. The van der Waals surface area contributed by atoms with Crippen LogP contribution in [0.15, 0.2) is 24.3 Å². The van der Waals surface area contributed by atoms with Crippen molar-refractivity contribution in [2.45, 2.75) is 32.5 Å². The van der Waals surface area contributed by atoms with Crippen LogP contribution in [0.25, 0.3) is 0 Å². The number of hydrogen-bond donors (Lipinski definition) is 2. The van der Waals surface area contributed by atoms with Gasteiger partial charge in [-0.1, -0.05) is 32.0 Å². The Labute approximate surface area is 120 Å². The standard InChI is InChI=1S/C15H23N3O2/c1-11(2)16-8-13(19)10-18-14-7-5-4-6-12(14)9-17(3)15(18)20/h4-7,11,13,16,19H,8-10H2,1-3H3. The Morgan fingerprint density at radius 3 is 2.75 bits per heavy atom. The van der Waals surface area contributed by atoms with Crippen LogP contribution in [0.1, 0.15) is 19.4 Å². The maximum atomic E-state index is 12.3. The number of urea groups is 1. The van der Waals surface area contributed by atoms with Crippen molar-refractivity contribution in [3.8, 4) is 0 Å². The lowest BCUT2D eigenvalue weighted by molar-refractivity contribution is 0.166. The van der Waals surface area contributed by atoms with Crippen molar-refractivity contribution < 1.29 is 9.90 Å². The number of aliphatic hydroxyl groups excluding tert-OH is 1. The van der Waals surface area contributed by atoms with Gasteiger partial charge in [0.1, 0.15) is 0 Å². The molecule has 0 fully saturated rings. The second-order valence-electron chi connectivity index (χ2n) is 5.59. The molecule has 1 aromatic rings. The Bertz CT molecular complexity index is 476. The molecule has 0 spiro atoms. The van der Waals surface area contributed by atoms with Crippen molar-refractivity contribution in [2.75, 3.05) is 25.0 Å². The number of fused-ring (bicyclic) bond motifs is 1. The Kier molecular flexibility index (Phi) is 4.62. The molecule has 110 valence electrons. The Morgan fingerprint density at radius 1 is 1.35 bits per heavy atom. The minimum absolute atomic E-state index is 0.0627. The molecule has 20 heavy (non-hydrogen) atoms. The van der Waals surface area contributed by atoms with Gasteiger partial charge < -0.3 is 15.3 Å². The van der Waals surface area contributed by atoms with Crippen LogP contribution >= 0.6 is 0 Å². The van der Waals surface area contributed by atoms with E-state index in [1.165, 1.54) is 0 Å². The van der Waals surface area contributed by atoms with Crippen LogP contribution in [0.4, 0.5) is 10.5 Å². The molecule has 5 heteroatoms. The van der Waals surface area contributed by atoms with Gasteiger partial charge in [-0.25, -0.2) is 4.79 Å². The van der Waals surface area contributed by atoms with E-state index in [9.17, 15) is 9.90 Å². The minimum atomic E-state index is -0.582. The summed E-state index contributed by atoms with van der Waals surface area (Å²) in [5.41, 5.74) is 2.01. The van der Waals surface area contributed by atoms with E-state index in [0.29, 0.717) is 25.7 Å². The van der Waals surface area contributed by atoms with E-state index in [4.69, 9.17) is 0 Å². The molecular formula is C15H23N3O2. The summed E-state index contributed by atoms with van der Waals surface area (Å²) in [6, 6.07) is 8.09. The lowest BCUT2D eigenvalue weighted by Crippen LogP contribution is -2.50. The molecule has 0 saturated heterocycles. The highest BCUT2D eigenvalue weighted by Gasteiger charge is 2.29. The number of para-hydroxylation sites is 1. The summed E-state index contributed by atoms with van der Waals surface area (Å²) >= 11 is 0. The third-order valence-corrected chi connectivity index (χ3v) is 3.40. The van der Waals surface area contributed by atoms with Crippen LogP contribution in [0.5, 0.6) is 0 Å². The fraction of sp³-hybridized carbons (Fsp3) is 0.533. The van der Waals surface area contributed by atoms with Crippen LogP contribution in [0, 0.1) is 0 Å². The predicted molar refractivity (Wildman–Crippen MR) is 79.8 cm³/mol. The van der Waals surface area contributed by atoms with Gasteiger partial charge in [0.05, 0.1) is 18.3 Å². The van der Waals surface area contributed by atoms with Gasteiger partial charge in [-0.3, -0.25) is 4.90 Å². The largest absolute Gasteiger partial charge is 0.390 e. The highest BCUT2D eigenvalue weighted by atomic mass is 16.3. The molecule has 0 bridgehead atoms. The minimum Gasteiger partial charge on any atom is -0.390 e. The van der Waals surface area contributed by atoms with Crippen molar-refractivity contribution in [3.05, 3.63) is 29.8 Å². The number of anilines is 1. The SMILES string of the molecule is CC(C)NCC(O)CN1C(=O)N(C)Cc2ccccc21. The maximum absolute atomic E-state index is 12.3. The number of benzene rings is 1. The Hall–Kier alpha value is -1.59. The fourth-order valence-electron chi connectivity index (χ4n) is 2.36. The molecule has 1 heterocycles. The third-order valence-electron chi connectivity index (χ3n) is 3.40. The summed E-state index contributed by atoms with van der Waals surface area (Å²) in [6.07, 6.45) is -0.582. The van der Waals surface area contributed by atoms with Crippen LogP contribution in [-0.4, -0.2) is 48.3 Å². The first-order valence-electron chi connectivity index (χ1n) is 7.01. The summed E-state index contributed by atoms with van der Waals surface area (Å²) < 4.78 is 0. The summed E-state index contributed by atoms with van der Waals surface area (Å²) in [5.74, 6) is 0. The topological polar surface area (TPSA) is 55.8 Å². The first-order valence-corrected chi connectivity index (χ1v) is 7.01. The molecule has 0 radical (unpaired) electrons. The second-order valence-corrected chi connectivity index (χ2v) is 5.59. The lowest BCUT2D eigenvalue weighted by Gasteiger charge is -2.36. The molecule has 0 aliphatic carbocycles. The third kappa shape index (κ3) is 3.29. The normalized spacial score (nSPS) is 16.6. The number of carbonyl (C=O) groups is 1. The molecular weight excluding hydrogens is 254 g/mol. The van der Waals surface area contributed by atoms with Gasteiger partial charge in [-0.15, -0.1) is 0 Å². The summed E-state index contributed by atoms with van der Waals surface area (Å²) in [6.45, 7) is 5.46. The van der Waals surface area contributed by atoms with Crippen LogP contribution in [-0.2, 0) is 6.54 Å². The van der Waals surface area contributed by atoms with Crippen molar-refractivity contribution in [1.29, 1.82) is 0 Å². The molecule has 1 unspecified atom stereocenters. The Balaban J connectivity index is 2.11. The lowest BCUT2D eigenvalue weighted by atomic mass is 10.1. The fourth-order valence-corrected chi connectivity index (χ4v) is 2.36. The molecule has 5 nitrogen and oxygen atoms in total. The average Bonchev–Trinajstić information content (AvgIpc) is 2.41. The number of carbonyl (C=O) groups excluding carboxylic acids is 1. The summed E-state index contributed by atoms with van der Waals surface area (Å²) in [7, 11) is 1.78. The first-order chi connectivity index (χ1) is 9.49. The molecule has 0 aromatic heterocycles. The van der Waals surface area contributed by atoms with Crippen LogP contribution in [0.2, 0.25) is 0 Å². The molecule has 2 N–H and O–H groups in total. The molecule has 1 aliphatic heterocycles. The number of rotatable bonds is 5. The van der Waals surface area contributed by atoms with E-state index >= 15 is 0 Å². The Morgan fingerprint density at radius 2 is 2.05 bits per heavy atom. The van der Waals surface area contributed by atoms with E-state index in [-0.39, 0.29) is 6.03 Å². The summed E-state index contributed by atoms with van der Waals surface area (Å²) in [4.78, 5) is 15.6. The highest BCUT2D eigenvalue weighted by molar-refractivity contribution is 5.94. The quantitative estimate of drug-likeness (QED) is 0.856. The first kappa shape index (κ1) is 14.8. The number of aliphatic hydroxyl groups is 1. The highest BCUT2D eigenvalue weighted by Crippen LogP contribution is 2.27. The monoisotopic (exact) mass is 277 g/mol. The number of nitrogens with zero attached hydrogens (tertiary/aromatic N) is 2. The number of nitrogens with one attached hydrogen (secondary N) is 1. The number of β-amino-alcohol motifs (C(OH)–C–C–N with tert-alkyl or cyclic N) is 1. The maximum Gasteiger partial charge on any atom is 0.324 e. The predicted octanol–water partition coefficient (Wildman–Crippen LogP) is 1.42. The van der Waals surface area contributed by atoms with Crippen LogP contribution < -0.4 is 10.2 Å². The molecule has 0 saturated carbocycles. The molecule has 1 aromatic carbocycles. The van der Waals surface area contributed by atoms with Crippen molar-refractivity contribution >= 4 is 11.7 Å². The molecule has 1 atom stereocenters. The van der Waals surface area contributed by atoms with Gasteiger partial charge in [-0.05, 0) is 11.6 Å². The van der Waals surface area contributed by atoms with Crippen molar-refractivity contribution in [1.82, 2.24) is 10.2 Å². The van der Waals surface area contributed by atoms with Gasteiger partial charge >= 0.3 is 6.03 Å².